The van der Waals surface area contributed by atoms with Crippen molar-refractivity contribution in [3.63, 3.8) is 0 Å². The van der Waals surface area contributed by atoms with Crippen molar-refractivity contribution in [1.82, 2.24) is 10.2 Å². The van der Waals surface area contributed by atoms with E-state index in [2.05, 4.69) is 21.2 Å². The van der Waals surface area contributed by atoms with Gasteiger partial charge in [-0.25, -0.2) is 8.42 Å². The molecule has 0 saturated heterocycles. The molecule has 3 rings (SSSR count). The summed E-state index contributed by atoms with van der Waals surface area (Å²) in [5, 5.41) is 3.58. The number of sulfonamides is 1. The fourth-order valence-electron chi connectivity index (χ4n) is 4.47. The van der Waals surface area contributed by atoms with Crippen molar-refractivity contribution >= 4 is 66.7 Å². The molecule has 0 fully saturated rings. The van der Waals surface area contributed by atoms with E-state index in [0.29, 0.717) is 18.0 Å². The van der Waals surface area contributed by atoms with Gasteiger partial charge in [0.15, 0.2) is 0 Å². The van der Waals surface area contributed by atoms with Crippen molar-refractivity contribution in [2.75, 3.05) is 23.7 Å². The van der Waals surface area contributed by atoms with Crippen molar-refractivity contribution in [2.45, 2.75) is 45.7 Å². The van der Waals surface area contributed by atoms with E-state index < -0.39 is 16.1 Å². The molecule has 0 unspecified atom stereocenters. The van der Waals surface area contributed by atoms with Gasteiger partial charge in [-0.3, -0.25) is 13.9 Å². The number of nitrogens with one attached hydrogen (secondary N) is 1. The number of benzene rings is 3. The molecular weight excluding hydrogens is 661 g/mol. The first-order valence-corrected chi connectivity index (χ1v) is 17.0. The van der Waals surface area contributed by atoms with E-state index in [0.717, 1.165) is 26.2 Å². The second-order valence-corrected chi connectivity index (χ2v) is 14.2. The third-order valence-electron chi connectivity index (χ3n) is 6.53. The normalized spacial score (nSPS) is 12.2. The summed E-state index contributed by atoms with van der Waals surface area (Å²) in [4.78, 5) is 29.1. The van der Waals surface area contributed by atoms with E-state index >= 15 is 0 Å². The van der Waals surface area contributed by atoms with Crippen LogP contribution in [0.2, 0.25) is 10.0 Å². The maximum atomic E-state index is 13.9. The molecule has 2 amide bonds. The molecule has 3 aromatic rings. The highest BCUT2D eigenvalue weighted by Gasteiger charge is 2.31. The summed E-state index contributed by atoms with van der Waals surface area (Å²) in [5.41, 5.74) is 2.03. The number of hydrogen-bond acceptors (Lipinski definition) is 4. The number of amides is 2. The lowest BCUT2D eigenvalue weighted by atomic mass is 10.0. The Morgan fingerprint density at radius 3 is 2.29 bits per heavy atom. The van der Waals surface area contributed by atoms with E-state index in [4.69, 9.17) is 23.2 Å². The van der Waals surface area contributed by atoms with Gasteiger partial charge in [0, 0.05) is 42.0 Å². The molecule has 1 atom stereocenters. The van der Waals surface area contributed by atoms with Gasteiger partial charge in [0.05, 0.1) is 17.0 Å². The minimum atomic E-state index is -3.72. The van der Waals surface area contributed by atoms with E-state index in [1.165, 1.54) is 12.1 Å². The van der Waals surface area contributed by atoms with Crippen LogP contribution in [0, 0.1) is 5.92 Å². The highest BCUT2D eigenvalue weighted by Crippen LogP contribution is 2.31. The van der Waals surface area contributed by atoms with E-state index in [-0.39, 0.29) is 54.4 Å². The Bertz CT molecular complexity index is 1470. The number of anilines is 1. The second kappa shape index (κ2) is 15.8. The fraction of sp³-hybridized carbons (Fsp3) is 0.355. The molecule has 0 bridgehead atoms. The third-order valence-corrected chi connectivity index (χ3v) is 8.75. The summed E-state index contributed by atoms with van der Waals surface area (Å²) < 4.78 is 27.4. The van der Waals surface area contributed by atoms with Gasteiger partial charge in [-0.1, -0.05) is 95.4 Å². The Kier molecular flexibility index (Phi) is 12.7. The Hall–Kier alpha value is -2.59. The van der Waals surface area contributed by atoms with E-state index in [1.807, 2.05) is 68.4 Å². The van der Waals surface area contributed by atoms with Crippen LogP contribution in [0.1, 0.15) is 37.8 Å². The zero-order valence-corrected chi connectivity index (χ0v) is 27.8. The zero-order chi connectivity index (χ0) is 30.9. The monoisotopic (exact) mass is 695 g/mol. The van der Waals surface area contributed by atoms with Gasteiger partial charge >= 0.3 is 0 Å². The molecule has 0 spiro atoms. The highest BCUT2D eigenvalue weighted by atomic mass is 79.9. The minimum absolute atomic E-state index is 0.0122. The average Bonchev–Trinajstić information content (AvgIpc) is 2.93. The van der Waals surface area contributed by atoms with Crippen LogP contribution in [0.15, 0.2) is 77.3 Å². The van der Waals surface area contributed by atoms with E-state index in [1.54, 1.807) is 11.0 Å². The molecule has 0 saturated carbocycles. The Balaban J connectivity index is 1.90. The number of halogens is 3. The molecule has 0 aliphatic heterocycles. The van der Waals surface area contributed by atoms with Crippen molar-refractivity contribution in [3.8, 4) is 0 Å². The Morgan fingerprint density at radius 2 is 1.64 bits per heavy atom. The summed E-state index contributed by atoms with van der Waals surface area (Å²) in [5.74, 6) is -0.263. The summed E-state index contributed by atoms with van der Waals surface area (Å²) in [6, 6.07) is 21.0. The standard InChI is InChI=1S/C31H36BrCl2N3O4S/c1-22(2)20-35-31(39)29(18-23-9-5-4-6-10-23)36(21-24-11-7-12-25(32)17-24)30(38)13-8-16-37(42(3,40)41)28-19-26(33)14-15-27(28)34/h4-7,9-12,14-15,17,19,22,29H,8,13,16,18,20-21H2,1-3H3,(H,35,39)/t29-/m0/s1. The van der Waals surface area contributed by atoms with E-state index in [9.17, 15) is 18.0 Å². The van der Waals surface area contributed by atoms with Crippen LogP contribution in [0.5, 0.6) is 0 Å². The van der Waals surface area contributed by atoms with Gasteiger partial charge in [-0.2, -0.15) is 0 Å². The van der Waals surface area contributed by atoms with Crippen LogP contribution >= 0.6 is 39.1 Å². The molecular formula is C31H36BrCl2N3O4S. The van der Waals surface area contributed by atoms with Crippen LogP contribution in [-0.4, -0.2) is 50.5 Å². The molecule has 0 radical (unpaired) electrons. The third kappa shape index (κ3) is 10.3. The summed E-state index contributed by atoms with van der Waals surface area (Å²) in [6.45, 7) is 4.72. The van der Waals surface area contributed by atoms with Crippen molar-refractivity contribution in [1.29, 1.82) is 0 Å². The van der Waals surface area contributed by atoms with Crippen molar-refractivity contribution in [2.24, 2.45) is 5.92 Å². The molecule has 0 heterocycles. The van der Waals surface area contributed by atoms with Gasteiger partial charge in [0.2, 0.25) is 21.8 Å². The fourth-order valence-corrected chi connectivity index (χ4v) is 6.32. The number of nitrogens with zero attached hydrogens (tertiary/aromatic N) is 2. The van der Waals surface area contributed by atoms with Gasteiger partial charge in [0.25, 0.3) is 0 Å². The maximum Gasteiger partial charge on any atom is 0.243 e. The maximum absolute atomic E-state index is 13.9. The van der Waals surface area contributed by atoms with Gasteiger partial charge < -0.3 is 10.2 Å². The van der Waals surface area contributed by atoms with Crippen LogP contribution < -0.4 is 9.62 Å². The number of carbonyl (C=O) groups excluding carboxylic acids is 2. The lowest BCUT2D eigenvalue weighted by Crippen LogP contribution is -2.51. The molecule has 0 aliphatic rings. The summed E-state index contributed by atoms with van der Waals surface area (Å²) in [6.07, 6.45) is 1.63. The van der Waals surface area contributed by atoms with Crippen molar-refractivity contribution < 1.29 is 18.0 Å². The van der Waals surface area contributed by atoms with Crippen molar-refractivity contribution in [3.05, 3.63) is 98.4 Å². The zero-order valence-electron chi connectivity index (χ0n) is 23.9. The first-order valence-electron chi connectivity index (χ1n) is 13.6. The van der Waals surface area contributed by atoms with Crippen LogP contribution in [0.25, 0.3) is 0 Å². The number of rotatable bonds is 14. The molecule has 3 aromatic carbocycles. The Morgan fingerprint density at radius 1 is 0.952 bits per heavy atom. The van der Waals surface area contributed by atoms with Gasteiger partial charge in [-0.05, 0) is 53.8 Å². The second-order valence-electron chi connectivity index (χ2n) is 10.5. The smallest absolute Gasteiger partial charge is 0.243 e. The lowest BCUT2D eigenvalue weighted by molar-refractivity contribution is -0.141. The van der Waals surface area contributed by atoms with Crippen LogP contribution in [0.4, 0.5) is 5.69 Å². The molecule has 42 heavy (non-hydrogen) atoms. The van der Waals surface area contributed by atoms with Crippen LogP contribution in [-0.2, 0) is 32.6 Å². The predicted octanol–water partition coefficient (Wildman–Crippen LogP) is 6.71. The highest BCUT2D eigenvalue weighted by molar-refractivity contribution is 9.10. The summed E-state index contributed by atoms with van der Waals surface area (Å²) in [7, 11) is -3.72. The first kappa shape index (κ1) is 33.9. The van der Waals surface area contributed by atoms with Gasteiger partial charge in [0.1, 0.15) is 6.04 Å². The lowest BCUT2D eigenvalue weighted by Gasteiger charge is -2.32. The average molecular weight is 698 g/mol. The minimum Gasteiger partial charge on any atom is -0.354 e. The topological polar surface area (TPSA) is 86.8 Å². The molecule has 1 N–H and O–H groups in total. The predicted molar refractivity (Wildman–Crippen MR) is 174 cm³/mol. The van der Waals surface area contributed by atoms with Gasteiger partial charge in [-0.15, -0.1) is 0 Å². The molecule has 226 valence electrons. The first-order chi connectivity index (χ1) is 19.8. The Labute approximate surface area is 267 Å². The number of hydrogen-bond donors (Lipinski definition) is 1. The number of carbonyl (C=O) groups is 2. The SMILES string of the molecule is CC(C)CNC(=O)[C@H](Cc1ccccc1)N(Cc1cccc(Br)c1)C(=O)CCCN(c1cc(Cl)ccc1Cl)S(C)(=O)=O. The molecule has 0 aromatic heterocycles. The molecule has 7 nitrogen and oxygen atoms in total. The molecule has 0 aliphatic carbocycles. The van der Waals surface area contributed by atoms with Crippen LogP contribution in [0.3, 0.4) is 0 Å². The molecule has 11 heteroatoms. The quantitative estimate of drug-likeness (QED) is 0.203. The largest absolute Gasteiger partial charge is 0.354 e. The summed E-state index contributed by atoms with van der Waals surface area (Å²) >= 11 is 15.9.